The Morgan fingerprint density at radius 1 is 1.31 bits per heavy atom. The number of hydrogen-bond acceptors (Lipinski definition) is 2. The van der Waals surface area contributed by atoms with Crippen molar-refractivity contribution < 1.29 is 0 Å². The third-order valence-corrected chi connectivity index (χ3v) is 5.40. The number of thiophene rings is 1. The van der Waals surface area contributed by atoms with E-state index in [1.165, 1.54) is 32.2 Å². The molecule has 88 valence electrons. The number of nitrogens with one attached hydrogen (secondary N) is 1. The van der Waals surface area contributed by atoms with Crippen LogP contribution in [0.25, 0.3) is 0 Å². The molecule has 1 aromatic heterocycles. The first kappa shape index (κ1) is 10.8. The van der Waals surface area contributed by atoms with E-state index < -0.39 is 0 Å². The van der Waals surface area contributed by atoms with Crippen LogP contribution in [-0.2, 0) is 12.0 Å². The highest BCUT2D eigenvalue weighted by molar-refractivity contribution is 7.10. The second-order valence-electron chi connectivity index (χ2n) is 5.89. The Kier molecular flexibility index (Phi) is 2.60. The van der Waals surface area contributed by atoms with Crippen LogP contribution in [0.3, 0.4) is 0 Å². The predicted octanol–water partition coefficient (Wildman–Crippen LogP) is 3.55. The summed E-state index contributed by atoms with van der Waals surface area (Å²) in [7, 11) is 0. The first-order chi connectivity index (χ1) is 7.70. The van der Waals surface area contributed by atoms with Crippen molar-refractivity contribution in [3.05, 3.63) is 21.9 Å². The van der Waals surface area contributed by atoms with Gasteiger partial charge in [-0.2, -0.15) is 0 Å². The second-order valence-corrected chi connectivity index (χ2v) is 6.80. The Morgan fingerprint density at radius 2 is 2.06 bits per heavy atom. The summed E-state index contributed by atoms with van der Waals surface area (Å²) in [4.78, 5) is 1.65. The van der Waals surface area contributed by atoms with Gasteiger partial charge in [-0.15, -0.1) is 11.3 Å². The van der Waals surface area contributed by atoms with Gasteiger partial charge in [0.25, 0.3) is 0 Å². The van der Waals surface area contributed by atoms with Crippen molar-refractivity contribution in [3.8, 4) is 0 Å². The zero-order chi connectivity index (χ0) is 11.2. The molecule has 1 spiro atoms. The van der Waals surface area contributed by atoms with E-state index in [9.17, 15) is 0 Å². The van der Waals surface area contributed by atoms with Gasteiger partial charge in [0.2, 0.25) is 0 Å². The molecule has 2 heteroatoms. The van der Waals surface area contributed by atoms with E-state index in [0.717, 1.165) is 11.8 Å². The molecule has 2 aliphatic rings. The Bertz CT molecular complexity index is 372. The van der Waals surface area contributed by atoms with E-state index in [4.69, 9.17) is 0 Å². The van der Waals surface area contributed by atoms with Gasteiger partial charge in [0, 0.05) is 11.4 Å². The van der Waals surface area contributed by atoms with Crippen LogP contribution in [0, 0.1) is 11.8 Å². The molecule has 0 bridgehead atoms. The number of fused-ring (bicyclic) bond motifs is 2. The van der Waals surface area contributed by atoms with E-state index in [0.29, 0.717) is 5.54 Å². The maximum atomic E-state index is 3.85. The van der Waals surface area contributed by atoms with Crippen LogP contribution >= 0.6 is 11.3 Å². The Balaban J connectivity index is 2.00. The largest absolute Gasteiger partial charge is 0.306 e. The highest BCUT2D eigenvalue weighted by Gasteiger charge is 2.42. The van der Waals surface area contributed by atoms with E-state index in [1.807, 2.05) is 11.3 Å². The molecule has 3 rings (SSSR count). The van der Waals surface area contributed by atoms with Gasteiger partial charge in [0.15, 0.2) is 0 Å². The minimum atomic E-state index is 0.332. The molecule has 2 atom stereocenters. The summed E-state index contributed by atoms with van der Waals surface area (Å²) in [6.07, 6.45) is 5.31. The van der Waals surface area contributed by atoms with Crippen molar-refractivity contribution in [1.29, 1.82) is 0 Å². The monoisotopic (exact) mass is 235 g/mol. The van der Waals surface area contributed by atoms with Gasteiger partial charge in [0.1, 0.15) is 0 Å². The molecule has 0 radical (unpaired) electrons. The number of hydrogen-bond donors (Lipinski definition) is 1. The molecule has 16 heavy (non-hydrogen) atoms. The molecule has 1 saturated carbocycles. The van der Waals surface area contributed by atoms with E-state index in [1.54, 1.807) is 10.4 Å². The molecule has 0 amide bonds. The average molecular weight is 235 g/mol. The quantitative estimate of drug-likeness (QED) is 0.725. The maximum Gasteiger partial charge on any atom is 0.0536 e. The zero-order valence-corrected chi connectivity index (χ0v) is 11.1. The summed E-state index contributed by atoms with van der Waals surface area (Å²) in [6, 6.07) is 2.34. The fraction of sp³-hybridized carbons (Fsp3) is 0.714. The topological polar surface area (TPSA) is 12.0 Å². The fourth-order valence-corrected chi connectivity index (χ4v) is 5.08. The highest BCUT2D eigenvalue weighted by atomic mass is 32.1. The molecule has 1 N–H and O–H groups in total. The fourth-order valence-electron chi connectivity index (χ4n) is 3.93. The highest BCUT2D eigenvalue weighted by Crippen LogP contribution is 2.46. The molecular weight excluding hydrogens is 214 g/mol. The lowest BCUT2D eigenvalue weighted by molar-refractivity contribution is 0.140. The van der Waals surface area contributed by atoms with Gasteiger partial charge in [-0.05, 0) is 54.5 Å². The lowest BCUT2D eigenvalue weighted by Crippen LogP contribution is -2.50. The maximum absolute atomic E-state index is 3.85. The Morgan fingerprint density at radius 3 is 2.81 bits per heavy atom. The molecule has 1 aliphatic heterocycles. The summed E-state index contributed by atoms with van der Waals surface area (Å²) in [5.41, 5.74) is 1.95. The van der Waals surface area contributed by atoms with Gasteiger partial charge < -0.3 is 5.32 Å². The summed E-state index contributed by atoms with van der Waals surface area (Å²) in [5.74, 6) is 1.73. The average Bonchev–Trinajstić information content (AvgIpc) is 2.65. The molecule has 2 heterocycles. The standard InChI is InChI=1S/C14H21NS/c1-10-7-11(2)9-14(8-10)13-12(3-5-15-14)4-6-16-13/h4,6,10-11,15H,3,5,7-9H2,1-2H3/t10-,11-/m1/s1. The van der Waals surface area contributed by atoms with Crippen molar-refractivity contribution >= 4 is 11.3 Å². The van der Waals surface area contributed by atoms with E-state index in [-0.39, 0.29) is 0 Å². The molecule has 1 aromatic rings. The van der Waals surface area contributed by atoms with Crippen LogP contribution in [0.4, 0.5) is 0 Å². The molecule has 0 aromatic carbocycles. The number of rotatable bonds is 0. The molecule has 0 saturated heterocycles. The van der Waals surface area contributed by atoms with Crippen LogP contribution in [0.1, 0.15) is 43.6 Å². The van der Waals surface area contributed by atoms with Crippen molar-refractivity contribution in [2.75, 3.05) is 6.54 Å². The zero-order valence-electron chi connectivity index (χ0n) is 10.3. The molecule has 1 fully saturated rings. The minimum absolute atomic E-state index is 0.332. The summed E-state index contributed by atoms with van der Waals surface area (Å²) in [6.45, 7) is 6.01. The van der Waals surface area contributed by atoms with Gasteiger partial charge in [-0.3, -0.25) is 0 Å². The first-order valence-electron chi connectivity index (χ1n) is 6.51. The molecule has 1 nitrogen and oxygen atoms in total. The normalized spacial score (nSPS) is 38.6. The van der Waals surface area contributed by atoms with Crippen LogP contribution in [0.15, 0.2) is 11.4 Å². The van der Waals surface area contributed by atoms with Crippen molar-refractivity contribution in [1.82, 2.24) is 5.32 Å². The predicted molar refractivity (Wildman–Crippen MR) is 69.9 cm³/mol. The molecular formula is C14H21NS. The first-order valence-corrected chi connectivity index (χ1v) is 7.39. The van der Waals surface area contributed by atoms with E-state index >= 15 is 0 Å². The van der Waals surface area contributed by atoms with Crippen LogP contribution in [0.5, 0.6) is 0 Å². The third-order valence-electron chi connectivity index (χ3n) is 4.24. The smallest absolute Gasteiger partial charge is 0.0536 e. The lowest BCUT2D eigenvalue weighted by Gasteiger charge is -2.46. The SMILES string of the molecule is C[C@@H]1C[C@@H](C)CC2(C1)NCCc1ccsc12. The Hall–Kier alpha value is -0.340. The van der Waals surface area contributed by atoms with Crippen molar-refractivity contribution in [3.63, 3.8) is 0 Å². The van der Waals surface area contributed by atoms with Crippen LogP contribution in [0.2, 0.25) is 0 Å². The lowest BCUT2D eigenvalue weighted by atomic mass is 9.69. The molecule has 0 unspecified atom stereocenters. The third kappa shape index (κ3) is 1.63. The van der Waals surface area contributed by atoms with Gasteiger partial charge in [0.05, 0.1) is 5.54 Å². The molecule has 1 aliphatic carbocycles. The van der Waals surface area contributed by atoms with Gasteiger partial charge >= 0.3 is 0 Å². The summed E-state index contributed by atoms with van der Waals surface area (Å²) in [5, 5.41) is 6.13. The van der Waals surface area contributed by atoms with Crippen molar-refractivity contribution in [2.45, 2.75) is 45.1 Å². The van der Waals surface area contributed by atoms with Crippen molar-refractivity contribution in [2.24, 2.45) is 11.8 Å². The van der Waals surface area contributed by atoms with E-state index in [2.05, 4.69) is 30.6 Å². The van der Waals surface area contributed by atoms with Crippen LogP contribution < -0.4 is 5.32 Å². The summed E-state index contributed by atoms with van der Waals surface area (Å²) >= 11 is 1.97. The Labute approximate surface area is 102 Å². The minimum Gasteiger partial charge on any atom is -0.306 e. The van der Waals surface area contributed by atoms with Gasteiger partial charge in [-0.1, -0.05) is 13.8 Å². The summed E-state index contributed by atoms with van der Waals surface area (Å²) < 4.78 is 0. The van der Waals surface area contributed by atoms with Crippen LogP contribution in [-0.4, -0.2) is 6.54 Å². The second kappa shape index (κ2) is 3.85. The van der Waals surface area contributed by atoms with Gasteiger partial charge in [-0.25, -0.2) is 0 Å².